The molecule has 1 aromatic rings. The number of rotatable bonds is 3. The van der Waals surface area contributed by atoms with Crippen molar-refractivity contribution in [1.82, 2.24) is 14.9 Å². The van der Waals surface area contributed by atoms with Crippen LogP contribution < -0.4 is 0 Å². The molecule has 2 saturated heterocycles. The van der Waals surface area contributed by atoms with Gasteiger partial charge in [-0.2, -0.15) is 0 Å². The van der Waals surface area contributed by atoms with Crippen LogP contribution in [0.25, 0.3) is 0 Å². The number of amides is 1. The number of likely N-dealkylation sites (tertiary alicyclic amines) is 1. The summed E-state index contributed by atoms with van der Waals surface area (Å²) in [5.41, 5.74) is -0.247. The molecule has 1 amide bonds. The number of aromatic nitrogens is 2. The van der Waals surface area contributed by atoms with E-state index in [-0.39, 0.29) is 23.4 Å². The fourth-order valence-electron chi connectivity index (χ4n) is 3.25. The van der Waals surface area contributed by atoms with Crippen LogP contribution in [-0.4, -0.2) is 58.8 Å². The Morgan fingerprint density at radius 1 is 1.52 bits per heavy atom. The lowest BCUT2D eigenvalue weighted by Gasteiger charge is -2.39. The Hall–Kier alpha value is -1.53. The molecule has 0 unspecified atom stereocenters. The lowest BCUT2D eigenvalue weighted by Crippen LogP contribution is -2.50. The summed E-state index contributed by atoms with van der Waals surface area (Å²) in [6, 6.07) is 1.71. The van der Waals surface area contributed by atoms with Crippen molar-refractivity contribution in [1.29, 1.82) is 0 Å². The van der Waals surface area contributed by atoms with E-state index in [9.17, 15) is 4.79 Å². The second-order valence-corrected chi connectivity index (χ2v) is 5.68. The van der Waals surface area contributed by atoms with Gasteiger partial charge in [0.1, 0.15) is 0 Å². The van der Waals surface area contributed by atoms with Crippen LogP contribution in [0.4, 0.5) is 0 Å². The topological polar surface area (TPSA) is 64.6 Å². The van der Waals surface area contributed by atoms with E-state index < -0.39 is 0 Å². The molecule has 2 aliphatic rings. The third-order valence-corrected chi connectivity index (χ3v) is 4.16. The van der Waals surface area contributed by atoms with Crippen molar-refractivity contribution in [2.45, 2.75) is 37.9 Å². The van der Waals surface area contributed by atoms with Crippen LogP contribution >= 0.6 is 0 Å². The average Bonchev–Trinajstić information content (AvgIpc) is 2.90. The smallest absolute Gasteiger partial charge is 0.291 e. The molecule has 0 aliphatic carbocycles. The Labute approximate surface area is 124 Å². The summed E-state index contributed by atoms with van der Waals surface area (Å²) >= 11 is 0. The van der Waals surface area contributed by atoms with E-state index in [4.69, 9.17) is 9.47 Å². The minimum Gasteiger partial charge on any atom is -0.376 e. The highest BCUT2D eigenvalue weighted by molar-refractivity contribution is 5.90. The van der Waals surface area contributed by atoms with Gasteiger partial charge in [-0.05, 0) is 25.8 Å². The van der Waals surface area contributed by atoms with Gasteiger partial charge in [-0.25, -0.2) is 9.97 Å². The molecule has 3 rings (SSSR count). The highest BCUT2D eigenvalue weighted by Gasteiger charge is 2.45. The van der Waals surface area contributed by atoms with E-state index in [1.54, 1.807) is 18.5 Å². The van der Waals surface area contributed by atoms with E-state index in [1.165, 1.54) is 0 Å². The summed E-state index contributed by atoms with van der Waals surface area (Å²) < 4.78 is 11.7. The number of ether oxygens (including phenoxy) is 2. The quantitative estimate of drug-likeness (QED) is 0.839. The Bertz CT molecular complexity index is 496. The van der Waals surface area contributed by atoms with E-state index in [0.717, 1.165) is 25.8 Å². The van der Waals surface area contributed by atoms with Gasteiger partial charge in [0.25, 0.3) is 5.91 Å². The predicted molar refractivity (Wildman–Crippen MR) is 75.9 cm³/mol. The zero-order valence-electron chi connectivity index (χ0n) is 12.3. The first-order valence-corrected chi connectivity index (χ1v) is 7.54. The van der Waals surface area contributed by atoms with Gasteiger partial charge in [0, 0.05) is 32.0 Å². The molecular weight excluding hydrogens is 270 g/mol. The molecule has 1 spiro atoms. The first kappa shape index (κ1) is 14.4. The molecule has 0 radical (unpaired) electrons. The largest absolute Gasteiger partial charge is 0.376 e. The van der Waals surface area contributed by atoms with E-state index in [1.807, 2.05) is 11.8 Å². The van der Waals surface area contributed by atoms with E-state index in [0.29, 0.717) is 19.8 Å². The normalized spacial score (nSPS) is 29.0. The van der Waals surface area contributed by atoms with Crippen LogP contribution in [-0.2, 0) is 9.47 Å². The molecule has 0 saturated carbocycles. The number of hydrogen-bond acceptors (Lipinski definition) is 5. The van der Waals surface area contributed by atoms with Crippen molar-refractivity contribution in [3.8, 4) is 0 Å². The molecule has 2 atom stereocenters. The van der Waals surface area contributed by atoms with Gasteiger partial charge in [0.2, 0.25) is 5.82 Å². The van der Waals surface area contributed by atoms with Crippen molar-refractivity contribution >= 4 is 5.91 Å². The molecule has 114 valence electrons. The highest BCUT2D eigenvalue weighted by atomic mass is 16.6. The van der Waals surface area contributed by atoms with Gasteiger partial charge in [0.05, 0.1) is 24.9 Å². The minimum absolute atomic E-state index is 0.113. The SMILES string of the molecule is CCO[C@@H]1CO[C@@]2(CCCN(C(=O)c3ncccn3)C2)C1. The van der Waals surface area contributed by atoms with Crippen molar-refractivity contribution in [2.75, 3.05) is 26.3 Å². The first-order valence-electron chi connectivity index (χ1n) is 7.54. The fourth-order valence-corrected chi connectivity index (χ4v) is 3.25. The second-order valence-electron chi connectivity index (χ2n) is 5.68. The molecule has 3 heterocycles. The predicted octanol–water partition coefficient (Wildman–Crippen LogP) is 1.28. The van der Waals surface area contributed by atoms with Gasteiger partial charge >= 0.3 is 0 Å². The average molecular weight is 291 g/mol. The Morgan fingerprint density at radius 2 is 2.33 bits per heavy atom. The van der Waals surface area contributed by atoms with E-state index >= 15 is 0 Å². The lowest BCUT2D eigenvalue weighted by molar-refractivity contribution is -0.0464. The molecule has 21 heavy (non-hydrogen) atoms. The zero-order chi connectivity index (χ0) is 14.7. The highest BCUT2D eigenvalue weighted by Crippen LogP contribution is 2.36. The van der Waals surface area contributed by atoms with Crippen molar-refractivity contribution in [2.24, 2.45) is 0 Å². The molecule has 6 heteroatoms. The maximum Gasteiger partial charge on any atom is 0.291 e. The summed E-state index contributed by atoms with van der Waals surface area (Å²) in [7, 11) is 0. The van der Waals surface area contributed by atoms with Crippen molar-refractivity contribution in [3.63, 3.8) is 0 Å². The molecule has 1 aromatic heterocycles. The summed E-state index contributed by atoms with van der Waals surface area (Å²) in [4.78, 5) is 22.4. The maximum absolute atomic E-state index is 12.5. The monoisotopic (exact) mass is 291 g/mol. The van der Waals surface area contributed by atoms with Crippen LogP contribution in [0.2, 0.25) is 0 Å². The number of carbonyl (C=O) groups excluding carboxylic acids is 1. The van der Waals surface area contributed by atoms with Gasteiger partial charge in [-0.3, -0.25) is 4.79 Å². The van der Waals surface area contributed by atoms with Crippen LogP contribution in [0.3, 0.4) is 0 Å². The lowest BCUT2D eigenvalue weighted by atomic mass is 9.89. The summed E-state index contributed by atoms with van der Waals surface area (Å²) in [6.45, 7) is 4.66. The summed E-state index contributed by atoms with van der Waals surface area (Å²) in [5, 5.41) is 0. The maximum atomic E-state index is 12.5. The Balaban J connectivity index is 1.68. The first-order chi connectivity index (χ1) is 10.2. The van der Waals surface area contributed by atoms with Crippen LogP contribution in [0, 0.1) is 0 Å². The zero-order valence-corrected chi connectivity index (χ0v) is 12.3. The van der Waals surface area contributed by atoms with Crippen LogP contribution in [0.5, 0.6) is 0 Å². The molecular formula is C15H21N3O3. The Kier molecular flexibility index (Phi) is 4.17. The number of hydrogen-bond donors (Lipinski definition) is 0. The third kappa shape index (κ3) is 3.06. The molecule has 2 aliphatic heterocycles. The van der Waals surface area contributed by atoms with Crippen molar-refractivity contribution in [3.05, 3.63) is 24.3 Å². The van der Waals surface area contributed by atoms with Crippen LogP contribution in [0.15, 0.2) is 18.5 Å². The van der Waals surface area contributed by atoms with Crippen LogP contribution in [0.1, 0.15) is 36.8 Å². The second kappa shape index (κ2) is 6.07. The Morgan fingerprint density at radius 3 is 3.10 bits per heavy atom. The number of piperidine rings is 1. The van der Waals surface area contributed by atoms with Gasteiger partial charge in [-0.1, -0.05) is 0 Å². The molecule has 0 N–H and O–H groups in total. The van der Waals surface area contributed by atoms with Crippen molar-refractivity contribution < 1.29 is 14.3 Å². The molecule has 0 aromatic carbocycles. The minimum atomic E-state index is -0.247. The third-order valence-electron chi connectivity index (χ3n) is 4.16. The van der Waals surface area contributed by atoms with Gasteiger partial charge in [0.15, 0.2) is 0 Å². The molecule has 6 nitrogen and oxygen atoms in total. The number of carbonyl (C=O) groups is 1. The van der Waals surface area contributed by atoms with Gasteiger partial charge < -0.3 is 14.4 Å². The number of nitrogens with zero attached hydrogens (tertiary/aromatic N) is 3. The van der Waals surface area contributed by atoms with E-state index in [2.05, 4.69) is 9.97 Å². The molecule has 2 fully saturated rings. The molecule has 0 bridgehead atoms. The summed E-state index contributed by atoms with van der Waals surface area (Å²) in [6.07, 6.45) is 6.13. The standard InChI is InChI=1S/C15H21N3O3/c1-2-20-12-9-15(21-10-12)5-3-8-18(11-15)14(19)13-16-6-4-7-17-13/h4,6-7,12H,2-3,5,8-11H2,1H3/t12-,15-/m0/s1. The fraction of sp³-hybridized carbons (Fsp3) is 0.667. The summed E-state index contributed by atoms with van der Waals surface area (Å²) in [5.74, 6) is 0.145. The van der Waals surface area contributed by atoms with Gasteiger partial charge in [-0.15, -0.1) is 0 Å².